The largest absolute Gasteiger partial charge is 0.464 e. The van der Waals surface area contributed by atoms with Crippen LogP contribution in [0.15, 0.2) is 22.8 Å². The molecular formula is C21H31N3O2. The summed E-state index contributed by atoms with van der Waals surface area (Å²) in [6.07, 6.45) is 3.04. The van der Waals surface area contributed by atoms with Gasteiger partial charge in [0.15, 0.2) is 0 Å². The molecular weight excluding hydrogens is 326 g/mol. The third kappa shape index (κ3) is 4.46. The highest BCUT2D eigenvalue weighted by atomic mass is 16.3. The number of nitrogens with one attached hydrogen (secondary N) is 1. The fourth-order valence-corrected chi connectivity index (χ4v) is 3.54. The Hall–Kier alpha value is -1.85. The SMILES string of the molecule is CCC(CN1CCN(C)CC1)NC(=O)Cc1coc2cc(C)c(C)cc12. The molecule has 1 aliphatic heterocycles. The molecule has 1 fully saturated rings. The van der Waals surface area contributed by atoms with E-state index in [-0.39, 0.29) is 11.9 Å². The third-order valence-electron chi connectivity index (χ3n) is 5.55. The number of nitrogens with zero attached hydrogens (tertiary/aromatic N) is 2. The normalized spacial score (nSPS) is 17.5. The van der Waals surface area contributed by atoms with Crippen molar-refractivity contribution in [2.24, 2.45) is 0 Å². The molecule has 5 heteroatoms. The van der Waals surface area contributed by atoms with Crippen molar-refractivity contribution in [1.29, 1.82) is 0 Å². The van der Waals surface area contributed by atoms with Crippen LogP contribution in [0.3, 0.4) is 0 Å². The highest BCUT2D eigenvalue weighted by Gasteiger charge is 2.19. The Bertz CT molecular complexity index is 760. The summed E-state index contributed by atoms with van der Waals surface area (Å²) in [5.41, 5.74) is 4.26. The molecule has 142 valence electrons. The number of hydrogen-bond acceptors (Lipinski definition) is 4. The van der Waals surface area contributed by atoms with Crippen molar-refractivity contribution in [3.63, 3.8) is 0 Å². The van der Waals surface area contributed by atoms with Crippen molar-refractivity contribution in [3.05, 3.63) is 35.1 Å². The van der Waals surface area contributed by atoms with E-state index < -0.39 is 0 Å². The summed E-state index contributed by atoms with van der Waals surface area (Å²) in [5, 5.41) is 4.27. The first-order valence-corrected chi connectivity index (χ1v) is 9.64. The fraction of sp³-hybridized carbons (Fsp3) is 0.571. The maximum atomic E-state index is 12.6. The number of benzene rings is 1. The minimum atomic E-state index is 0.0758. The van der Waals surface area contributed by atoms with Gasteiger partial charge in [-0.15, -0.1) is 0 Å². The molecule has 1 saturated heterocycles. The van der Waals surface area contributed by atoms with Crippen LogP contribution in [0.5, 0.6) is 0 Å². The Labute approximate surface area is 156 Å². The van der Waals surface area contributed by atoms with E-state index in [1.807, 2.05) is 6.07 Å². The standard InChI is InChI=1S/C21H31N3O2/c1-5-18(13-24-8-6-23(4)7-9-24)22-21(25)12-17-14-26-20-11-16(3)15(2)10-19(17)20/h10-11,14,18H,5-9,12-13H2,1-4H3,(H,22,25). The van der Waals surface area contributed by atoms with Crippen molar-refractivity contribution in [1.82, 2.24) is 15.1 Å². The van der Waals surface area contributed by atoms with Gasteiger partial charge >= 0.3 is 0 Å². The van der Waals surface area contributed by atoms with Crippen molar-refractivity contribution in [2.75, 3.05) is 39.8 Å². The predicted molar refractivity (Wildman–Crippen MR) is 106 cm³/mol. The topological polar surface area (TPSA) is 48.7 Å². The Morgan fingerprint density at radius 2 is 1.88 bits per heavy atom. The Balaban J connectivity index is 1.59. The molecule has 1 atom stereocenters. The molecule has 0 bridgehead atoms. The number of furan rings is 1. The molecule has 1 aromatic carbocycles. The summed E-state index contributed by atoms with van der Waals surface area (Å²) in [6.45, 7) is 11.6. The van der Waals surface area contributed by atoms with E-state index in [4.69, 9.17) is 4.42 Å². The third-order valence-corrected chi connectivity index (χ3v) is 5.55. The molecule has 1 amide bonds. The number of carbonyl (C=O) groups excluding carboxylic acids is 1. The van der Waals surface area contributed by atoms with Gasteiger partial charge in [0.05, 0.1) is 12.7 Å². The summed E-state index contributed by atoms with van der Waals surface area (Å²) in [7, 11) is 2.16. The molecule has 1 aliphatic rings. The lowest BCUT2D eigenvalue weighted by molar-refractivity contribution is -0.121. The van der Waals surface area contributed by atoms with Gasteiger partial charge in [0, 0.05) is 49.7 Å². The maximum absolute atomic E-state index is 12.6. The van der Waals surface area contributed by atoms with Crippen LogP contribution in [0.4, 0.5) is 0 Å². The van der Waals surface area contributed by atoms with E-state index in [9.17, 15) is 4.79 Å². The molecule has 5 nitrogen and oxygen atoms in total. The zero-order valence-electron chi connectivity index (χ0n) is 16.5. The van der Waals surface area contributed by atoms with Gasteiger partial charge in [-0.1, -0.05) is 6.92 Å². The second-order valence-electron chi connectivity index (χ2n) is 7.65. The molecule has 0 saturated carbocycles. The van der Waals surface area contributed by atoms with Gasteiger partial charge in [0.25, 0.3) is 0 Å². The van der Waals surface area contributed by atoms with E-state index in [1.54, 1.807) is 6.26 Å². The van der Waals surface area contributed by atoms with E-state index >= 15 is 0 Å². The molecule has 1 N–H and O–H groups in total. The van der Waals surface area contributed by atoms with Gasteiger partial charge < -0.3 is 14.6 Å². The zero-order chi connectivity index (χ0) is 18.7. The van der Waals surface area contributed by atoms with Crippen LogP contribution in [-0.2, 0) is 11.2 Å². The number of likely N-dealkylation sites (N-methyl/N-ethyl adjacent to an activating group) is 1. The number of fused-ring (bicyclic) bond motifs is 1. The summed E-state index contributed by atoms with van der Waals surface area (Å²) in [6, 6.07) is 4.38. The van der Waals surface area contributed by atoms with Gasteiger partial charge in [0.2, 0.25) is 5.91 Å². The van der Waals surface area contributed by atoms with E-state index in [0.29, 0.717) is 6.42 Å². The highest BCUT2D eigenvalue weighted by Crippen LogP contribution is 2.25. The number of aryl methyl sites for hydroxylation is 2. The van der Waals surface area contributed by atoms with E-state index in [0.717, 1.165) is 55.7 Å². The van der Waals surface area contributed by atoms with Crippen molar-refractivity contribution in [2.45, 2.75) is 39.7 Å². The average Bonchev–Trinajstić information content (AvgIpc) is 2.98. The molecule has 26 heavy (non-hydrogen) atoms. The van der Waals surface area contributed by atoms with E-state index in [1.165, 1.54) is 11.1 Å². The van der Waals surface area contributed by atoms with Crippen LogP contribution < -0.4 is 5.32 Å². The number of piperazine rings is 1. The first-order valence-electron chi connectivity index (χ1n) is 9.64. The van der Waals surface area contributed by atoms with Crippen LogP contribution in [0.25, 0.3) is 11.0 Å². The fourth-order valence-electron chi connectivity index (χ4n) is 3.54. The highest BCUT2D eigenvalue weighted by molar-refractivity contribution is 5.88. The minimum Gasteiger partial charge on any atom is -0.464 e. The maximum Gasteiger partial charge on any atom is 0.224 e. The van der Waals surface area contributed by atoms with Crippen LogP contribution in [0.2, 0.25) is 0 Å². The lowest BCUT2D eigenvalue weighted by Gasteiger charge is -2.34. The van der Waals surface area contributed by atoms with Crippen LogP contribution in [0, 0.1) is 13.8 Å². The van der Waals surface area contributed by atoms with Gasteiger partial charge in [0.1, 0.15) is 5.58 Å². The summed E-state index contributed by atoms with van der Waals surface area (Å²) >= 11 is 0. The molecule has 2 aromatic rings. The van der Waals surface area contributed by atoms with Crippen LogP contribution in [0.1, 0.15) is 30.0 Å². The minimum absolute atomic E-state index is 0.0758. The molecule has 1 unspecified atom stereocenters. The molecule has 3 rings (SSSR count). The van der Waals surface area contributed by atoms with Crippen molar-refractivity contribution < 1.29 is 9.21 Å². The summed E-state index contributed by atoms with van der Waals surface area (Å²) in [4.78, 5) is 17.4. The van der Waals surface area contributed by atoms with Gasteiger partial charge in [-0.25, -0.2) is 0 Å². The van der Waals surface area contributed by atoms with Crippen molar-refractivity contribution >= 4 is 16.9 Å². The number of amides is 1. The smallest absolute Gasteiger partial charge is 0.224 e. The van der Waals surface area contributed by atoms with Crippen LogP contribution in [-0.4, -0.2) is 61.5 Å². The molecule has 2 heterocycles. The number of hydrogen-bond donors (Lipinski definition) is 1. The molecule has 0 aliphatic carbocycles. The quantitative estimate of drug-likeness (QED) is 0.864. The first kappa shape index (κ1) is 18.9. The lowest BCUT2D eigenvalue weighted by atomic mass is 10.0. The Morgan fingerprint density at radius 3 is 2.58 bits per heavy atom. The summed E-state index contributed by atoms with van der Waals surface area (Å²) in [5.74, 6) is 0.0758. The first-order chi connectivity index (χ1) is 12.5. The second-order valence-corrected chi connectivity index (χ2v) is 7.65. The number of rotatable bonds is 6. The van der Waals surface area contributed by atoms with Crippen LogP contribution >= 0.6 is 0 Å². The van der Waals surface area contributed by atoms with E-state index in [2.05, 4.69) is 49.0 Å². The molecule has 1 aromatic heterocycles. The molecule has 0 radical (unpaired) electrons. The zero-order valence-corrected chi connectivity index (χ0v) is 16.5. The Kier molecular flexibility index (Phi) is 5.99. The van der Waals surface area contributed by atoms with Gasteiger partial charge in [-0.2, -0.15) is 0 Å². The average molecular weight is 357 g/mol. The van der Waals surface area contributed by atoms with Crippen molar-refractivity contribution in [3.8, 4) is 0 Å². The summed E-state index contributed by atoms with van der Waals surface area (Å²) < 4.78 is 5.66. The monoisotopic (exact) mass is 357 g/mol. The number of carbonyl (C=O) groups is 1. The Morgan fingerprint density at radius 1 is 1.19 bits per heavy atom. The second kappa shape index (κ2) is 8.23. The predicted octanol–water partition coefficient (Wildman–Crippen LogP) is 2.73. The van der Waals surface area contributed by atoms with Gasteiger partial charge in [-0.3, -0.25) is 9.69 Å². The molecule has 0 spiro atoms. The van der Waals surface area contributed by atoms with Gasteiger partial charge in [-0.05, 0) is 50.6 Å². The lowest BCUT2D eigenvalue weighted by Crippen LogP contribution is -2.50.